The molecule has 7 nitrogen and oxygen atoms in total. The predicted molar refractivity (Wildman–Crippen MR) is 85.1 cm³/mol. The summed E-state index contributed by atoms with van der Waals surface area (Å²) in [6.45, 7) is 5.35. The van der Waals surface area contributed by atoms with Crippen LogP contribution in [0.15, 0.2) is 0 Å². The Labute approximate surface area is 143 Å². The lowest BCUT2D eigenvalue weighted by Crippen LogP contribution is -2.68. The molecule has 0 bridgehead atoms. The summed E-state index contributed by atoms with van der Waals surface area (Å²) in [5.41, 5.74) is 0. The number of rotatable bonds is 3. The van der Waals surface area contributed by atoms with Crippen LogP contribution in [0, 0.1) is 0 Å². The van der Waals surface area contributed by atoms with E-state index in [9.17, 15) is 9.90 Å². The zero-order valence-electron chi connectivity index (χ0n) is 14.7. The molecule has 0 radical (unpaired) electrons. The van der Waals surface area contributed by atoms with Crippen molar-refractivity contribution >= 4 is 5.91 Å². The molecule has 1 amide bonds. The molecule has 7 heteroatoms. The van der Waals surface area contributed by atoms with Gasteiger partial charge in [0, 0.05) is 6.92 Å². The van der Waals surface area contributed by atoms with Gasteiger partial charge in [-0.25, -0.2) is 0 Å². The smallest absolute Gasteiger partial charge is 0.217 e. The lowest BCUT2D eigenvalue weighted by atomic mass is 9.94. The maximum atomic E-state index is 11.6. The zero-order chi connectivity index (χ0) is 17.3. The van der Waals surface area contributed by atoms with Gasteiger partial charge in [-0.3, -0.25) is 4.79 Å². The third-order valence-electron chi connectivity index (χ3n) is 4.94. The van der Waals surface area contributed by atoms with E-state index in [2.05, 4.69) is 5.32 Å². The van der Waals surface area contributed by atoms with Crippen molar-refractivity contribution in [3.63, 3.8) is 0 Å². The third kappa shape index (κ3) is 4.08. The standard InChI is InChI=1S/C17H29NO6/c1-10(19)18-13-14(20)15-12(9-21-17(2,3)24-15)23-16(13)22-11-7-5-4-6-8-11/h11-16,20H,4-9H2,1-3H3,(H,18,19). The summed E-state index contributed by atoms with van der Waals surface area (Å²) in [7, 11) is 0. The Balaban J connectivity index is 1.73. The first kappa shape index (κ1) is 18.1. The van der Waals surface area contributed by atoms with Crippen LogP contribution in [0.4, 0.5) is 0 Å². The Kier molecular flexibility index (Phi) is 5.46. The molecule has 24 heavy (non-hydrogen) atoms. The van der Waals surface area contributed by atoms with Gasteiger partial charge in [0.2, 0.25) is 5.91 Å². The van der Waals surface area contributed by atoms with Gasteiger partial charge in [0.25, 0.3) is 0 Å². The number of ether oxygens (including phenoxy) is 4. The number of aliphatic hydroxyl groups is 1. The third-order valence-corrected chi connectivity index (χ3v) is 4.94. The Morgan fingerprint density at radius 2 is 1.96 bits per heavy atom. The number of hydrogen-bond donors (Lipinski definition) is 2. The van der Waals surface area contributed by atoms with Gasteiger partial charge >= 0.3 is 0 Å². The van der Waals surface area contributed by atoms with Gasteiger partial charge in [-0.15, -0.1) is 0 Å². The minimum absolute atomic E-state index is 0.102. The highest BCUT2D eigenvalue weighted by molar-refractivity contribution is 5.73. The number of aliphatic hydroxyl groups excluding tert-OH is 1. The summed E-state index contributed by atoms with van der Waals surface area (Å²) in [6, 6.07) is -0.653. The molecule has 2 N–H and O–H groups in total. The molecule has 0 aromatic heterocycles. The van der Waals surface area contributed by atoms with Gasteiger partial charge in [-0.05, 0) is 26.7 Å². The molecular formula is C17H29NO6. The molecule has 5 atom stereocenters. The van der Waals surface area contributed by atoms with E-state index in [1.807, 2.05) is 0 Å². The van der Waals surface area contributed by atoms with E-state index < -0.39 is 36.4 Å². The normalized spacial score (nSPS) is 39.9. The van der Waals surface area contributed by atoms with Crippen molar-refractivity contribution < 1.29 is 28.8 Å². The fraction of sp³-hybridized carbons (Fsp3) is 0.941. The molecule has 1 aliphatic carbocycles. The first-order chi connectivity index (χ1) is 11.4. The topological polar surface area (TPSA) is 86.3 Å². The molecule has 3 fully saturated rings. The van der Waals surface area contributed by atoms with E-state index in [0.717, 1.165) is 25.7 Å². The monoisotopic (exact) mass is 343 g/mol. The van der Waals surface area contributed by atoms with Crippen molar-refractivity contribution in [3.8, 4) is 0 Å². The van der Waals surface area contributed by atoms with Crippen LogP contribution < -0.4 is 5.32 Å². The highest BCUT2D eigenvalue weighted by atomic mass is 16.8. The second-order valence-corrected chi connectivity index (χ2v) is 7.45. The van der Waals surface area contributed by atoms with Crippen LogP contribution in [0.2, 0.25) is 0 Å². The van der Waals surface area contributed by atoms with Crippen molar-refractivity contribution in [1.29, 1.82) is 0 Å². The molecule has 0 aromatic carbocycles. The van der Waals surface area contributed by atoms with Crippen LogP contribution in [0.25, 0.3) is 0 Å². The number of fused-ring (bicyclic) bond motifs is 1. The van der Waals surface area contributed by atoms with E-state index in [1.54, 1.807) is 13.8 Å². The lowest BCUT2D eigenvalue weighted by molar-refractivity contribution is -0.372. The Hall–Kier alpha value is -0.730. The first-order valence-corrected chi connectivity index (χ1v) is 8.93. The Bertz CT molecular complexity index is 450. The average molecular weight is 343 g/mol. The molecule has 0 spiro atoms. The molecule has 0 aromatic rings. The number of hydrogen-bond acceptors (Lipinski definition) is 6. The summed E-state index contributed by atoms with van der Waals surface area (Å²) in [5, 5.41) is 13.6. The quantitative estimate of drug-likeness (QED) is 0.797. The van der Waals surface area contributed by atoms with Crippen LogP contribution in [0.3, 0.4) is 0 Å². The van der Waals surface area contributed by atoms with Gasteiger partial charge in [-0.2, -0.15) is 0 Å². The lowest BCUT2D eigenvalue weighted by Gasteiger charge is -2.50. The van der Waals surface area contributed by atoms with Crippen LogP contribution in [-0.4, -0.2) is 60.2 Å². The van der Waals surface area contributed by atoms with Crippen LogP contribution in [0.5, 0.6) is 0 Å². The molecule has 2 aliphatic heterocycles. The zero-order valence-corrected chi connectivity index (χ0v) is 14.7. The maximum Gasteiger partial charge on any atom is 0.217 e. The highest BCUT2D eigenvalue weighted by Gasteiger charge is 2.51. The van der Waals surface area contributed by atoms with Crippen molar-refractivity contribution in [1.82, 2.24) is 5.32 Å². The first-order valence-electron chi connectivity index (χ1n) is 8.93. The molecule has 5 unspecified atom stereocenters. The van der Waals surface area contributed by atoms with Crippen LogP contribution >= 0.6 is 0 Å². The summed E-state index contributed by atoms with van der Waals surface area (Å²) in [4.78, 5) is 11.6. The predicted octanol–water partition coefficient (Wildman–Crippen LogP) is 1.08. The average Bonchev–Trinajstić information content (AvgIpc) is 2.52. The van der Waals surface area contributed by atoms with Crippen LogP contribution in [0.1, 0.15) is 52.9 Å². The minimum atomic E-state index is -0.913. The van der Waals surface area contributed by atoms with E-state index in [4.69, 9.17) is 18.9 Å². The van der Waals surface area contributed by atoms with Gasteiger partial charge in [0.15, 0.2) is 12.1 Å². The highest BCUT2D eigenvalue weighted by Crippen LogP contribution is 2.34. The molecule has 2 heterocycles. The molecule has 138 valence electrons. The molecular weight excluding hydrogens is 314 g/mol. The Morgan fingerprint density at radius 1 is 1.25 bits per heavy atom. The van der Waals surface area contributed by atoms with Gasteiger partial charge in [-0.1, -0.05) is 19.3 Å². The van der Waals surface area contributed by atoms with Crippen LogP contribution in [-0.2, 0) is 23.7 Å². The van der Waals surface area contributed by atoms with Gasteiger partial charge < -0.3 is 29.4 Å². The number of carbonyl (C=O) groups is 1. The molecule has 2 saturated heterocycles. The molecule has 1 saturated carbocycles. The number of nitrogens with one attached hydrogen (secondary N) is 1. The van der Waals surface area contributed by atoms with E-state index in [0.29, 0.717) is 6.61 Å². The van der Waals surface area contributed by atoms with E-state index >= 15 is 0 Å². The van der Waals surface area contributed by atoms with E-state index in [-0.39, 0.29) is 12.0 Å². The maximum absolute atomic E-state index is 11.6. The second-order valence-electron chi connectivity index (χ2n) is 7.45. The Morgan fingerprint density at radius 3 is 2.62 bits per heavy atom. The summed E-state index contributed by atoms with van der Waals surface area (Å²) < 4.78 is 23.6. The SMILES string of the molecule is CC(=O)NC1C(OC2CCCCC2)OC2COC(C)(C)OC2C1O. The second kappa shape index (κ2) is 7.25. The summed E-state index contributed by atoms with van der Waals surface area (Å²) in [5.74, 6) is -1.02. The fourth-order valence-electron chi connectivity index (χ4n) is 3.74. The van der Waals surface area contributed by atoms with Gasteiger partial charge in [0.05, 0.1) is 12.7 Å². The van der Waals surface area contributed by atoms with Crippen molar-refractivity contribution in [2.75, 3.05) is 6.61 Å². The molecule has 3 rings (SSSR count). The van der Waals surface area contributed by atoms with Crippen molar-refractivity contribution in [2.24, 2.45) is 0 Å². The number of amides is 1. The molecule has 3 aliphatic rings. The van der Waals surface area contributed by atoms with Crippen molar-refractivity contribution in [2.45, 2.75) is 95.4 Å². The fourth-order valence-corrected chi connectivity index (χ4v) is 3.74. The summed E-state index contributed by atoms with van der Waals surface area (Å²) in [6.07, 6.45) is 2.99. The van der Waals surface area contributed by atoms with Crippen molar-refractivity contribution in [3.05, 3.63) is 0 Å². The largest absolute Gasteiger partial charge is 0.388 e. The summed E-state index contributed by atoms with van der Waals surface area (Å²) >= 11 is 0. The number of carbonyl (C=O) groups excluding carboxylic acids is 1. The van der Waals surface area contributed by atoms with Gasteiger partial charge in [0.1, 0.15) is 24.4 Å². The minimum Gasteiger partial charge on any atom is -0.388 e. The van der Waals surface area contributed by atoms with E-state index in [1.165, 1.54) is 13.3 Å².